The molecule has 1 N–H and O–H groups in total. The Morgan fingerprint density at radius 3 is 2.75 bits per heavy atom. The maximum absolute atomic E-state index is 10.4. The molecule has 5 nitrogen and oxygen atoms in total. The average Bonchev–Trinajstić information content (AvgIpc) is 1.82. The van der Waals surface area contributed by atoms with E-state index < -0.39 is 15.9 Å². The Bertz CT molecular complexity index is 378. The molecule has 1 rings (SSSR count). The van der Waals surface area contributed by atoms with Gasteiger partial charge in [0.05, 0.1) is 5.69 Å². The average molecular weight is 209 g/mol. The monoisotopic (exact) mass is 208 g/mol. The van der Waals surface area contributed by atoms with E-state index in [9.17, 15) is 8.42 Å². The van der Waals surface area contributed by atoms with Crippen LogP contribution in [0.1, 0.15) is 5.69 Å². The molecule has 0 saturated heterocycles. The van der Waals surface area contributed by atoms with Crippen LogP contribution in [0.3, 0.4) is 0 Å². The second kappa shape index (κ2) is 3.34. The largest absolute Gasteiger partial charge is 0.285 e. The zero-order valence-corrected chi connectivity index (χ0v) is 7.38. The van der Waals surface area contributed by atoms with Crippen LogP contribution in [0.4, 0.5) is 0 Å². The lowest BCUT2D eigenvalue weighted by atomic mass is 10.5. The van der Waals surface area contributed by atoms with Crippen molar-refractivity contribution in [2.24, 2.45) is 0 Å². The third kappa shape index (κ3) is 3.12. The third-order valence-corrected chi connectivity index (χ3v) is 1.86. The molecule has 0 amide bonds. The van der Waals surface area contributed by atoms with Crippen molar-refractivity contribution < 1.29 is 13.0 Å². The molecule has 0 saturated carbocycles. The van der Waals surface area contributed by atoms with Crippen LogP contribution < -0.4 is 0 Å². The fourth-order valence-corrected chi connectivity index (χ4v) is 1.34. The van der Waals surface area contributed by atoms with Crippen LogP contribution in [-0.4, -0.2) is 22.9 Å². The molecule has 66 valence electrons. The Balaban J connectivity index is 2.91. The predicted molar refractivity (Wildman–Crippen MR) is 42.3 cm³/mol. The summed E-state index contributed by atoms with van der Waals surface area (Å²) in [6.45, 7) is 0. The zero-order valence-electron chi connectivity index (χ0n) is 5.81. The molecule has 0 radical (unpaired) electrons. The van der Waals surface area contributed by atoms with E-state index in [4.69, 9.17) is 16.2 Å². The van der Waals surface area contributed by atoms with Crippen molar-refractivity contribution in [3.63, 3.8) is 0 Å². The van der Waals surface area contributed by atoms with Gasteiger partial charge in [0.25, 0.3) is 10.1 Å². The maximum atomic E-state index is 10.4. The SMILES string of the molecule is O=S(=O)(O)Cc1ccnc(Cl)n1. The van der Waals surface area contributed by atoms with Crippen LogP contribution in [0.25, 0.3) is 0 Å². The number of rotatable bonds is 2. The lowest BCUT2D eigenvalue weighted by Gasteiger charge is -1.95. The Labute approximate surface area is 74.2 Å². The van der Waals surface area contributed by atoms with Crippen LogP contribution in [0, 0.1) is 0 Å². The van der Waals surface area contributed by atoms with Crippen molar-refractivity contribution in [2.45, 2.75) is 5.75 Å². The highest BCUT2D eigenvalue weighted by Gasteiger charge is 2.07. The highest BCUT2D eigenvalue weighted by Crippen LogP contribution is 2.03. The molecule has 1 aromatic heterocycles. The van der Waals surface area contributed by atoms with Gasteiger partial charge in [0.1, 0.15) is 5.75 Å². The van der Waals surface area contributed by atoms with Crippen molar-refractivity contribution >= 4 is 21.7 Å². The summed E-state index contributed by atoms with van der Waals surface area (Å²) < 4.78 is 29.2. The number of halogens is 1. The molecule has 0 aliphatic heterocycles. The Hall–Kier alpha value is -0.720. The van der Waals surface area contributed by atoms with Crippen LogP contribution in [-0.2, 0) is 15.9 Å². The van der Waals surface area contributed by atoms with Gasteiger partial charge in [-0.2, -0.15) is 8.42 Å². The van der Waals surface area contributed by atoms with Gasteiger partial charge >= 0.3 is 0 Å². The third-order valence-electron chi connectivity index (χ3n) is 1.01. The summed E-state index contributed by atoms with van der Waals surface area (Å²) in [5, 5.41) is -0.0452. The summed E-state index contributed by atoms with van der Waals surface area (Å²) in [5.74, 6) is -0.546. The van der Waals surface area contributed by atoms with Crippen molar-refractivity contribution in [1.29, 1.82) is 0 Å². The summed E-state index contributed by atoms with van der Waals surface area (Å²) in [7, 11) is -4.04. The van der Waals surface area contributed by atoms with Gasteiger partial charge in [-0.3, -0.25) is 4.55 Å². The van der Waals surface area contributed by atoms with Crippen molar-refractivity contribution in [3.05, 3.63) is 23.2 Å². The van der Waals surface area contributed by atoms with Gasteiger partial charge in [-0.25, -0.2) is 9.97 Å². The van der Waals surface area contributed by atoms with Crippen LogP contribution in [0.15, 0.2) is 12.3 Å². The second-order valence-electron chi connectivity index (χ2n) is 2.04. The summed E-state index contributed by atoms with van der Waals surface area (Å²) >= 11 is 5.38. The lowest BCUT2D eigenvalue weighted by Crippen LogP contribution is -2.03. The molecule has 0 atom stereocenters. The Morgan fingerprint density at radius 1 is 1.58 bits per heavy atom. The zero-order chi connectivity index (χ0) is 9.19. The first-order chi connectivity index (χ1) is 5.47. The van der Waals surface area contributed by atoms with Gasteiger partial charge in [0.15, 0.2) is 0 Å². The van der Waals surface area contributed by atoms with Crippen LogP contribution in [0.2, 0.25) is 5.28 Å². The van der Waals surface area contributed by atoms with Gasteiger partial charge in [-0.1, -0.05) is 0 Å². The maximum Gasteiger partial charge on any atom is 0.270 e. The summed E-state index contributed by atoms with van der Waals surface area (Å²) in [5.41, 5.74) is 0.164. The quantitative estimate of drug-likeness (QED) is 0.566. The molecule has 0 aliphatic rings. The van der Waals surface area contributed by atoms with E-state index in [1.807, 2.05) is 0 Å². The van der Waals surface area contributed by atoms with Crippen molar-refractivity contribution in [2.75, 3.05) is 0 Å². The molecule has 0 fully saturated rings. The minimum absolute atomic E-state index is 0.0452. The van der Waals surface area contributed by atoms with Crippen molar-refractivity contribution in [3.8, 4) is 0 Å². The van der Waals surface area contributed by atoms with Crippen molar-refractivity contribution in [1.82, 2.24) is 9.97 Å². The van der Waals surface area contributed by atoms with Crippen LogP contribution >= 0.6 is 11.6 Å². The number of hydrogen-bond acceptors (Lipinski definition) is 4. The summed E-state index contributed by atoms with van der Waals surface area (Å²) in [6, 6.07) is 1.36. The molecule has 0 spiro atoms. The first kappa shape index (κ1) is 9.37. The van der Waals surface area contributed by atoms with E-state index in [1.54, 1.807) is 0 Å². The highest BCUT2D eigenvalue weighted by molar-refractivity contribution is 7.84. The first-order valence-electron chi connectivity index (χ1n) is 2.90. The molecular formula is C5H5ClN2O3S. The topological polar surface area (TPSA) is 80.2 Å². The van der Waals surface area contributed by atoms with E-state index in [2.05, 4.69) is 9.97 Å². The Morgan fingerprint density at radius 2 is 2.25 bits per heavy atom. The van der Waals surface area contributed by atoms with E-state index >= 15 is 0 Å². The molecule has 0 aromatic carbocycles. The molecule has 1 heterocycles. The number of hydrogen-bond donors (Lipinski definition) is 1. The van der Waals surface area contributed by atoms with E-state index in [-0.39, 0.29) is 11.0 Å². The summed E-state index contributed by atoms with van der Waals surface area (Å²) in [4.78, 5) is 7.12. The molecular weight excluding hydrogens is 204 g/mol. The van der Waals surface area contributed by atoms with Gasteiger partial charge in [-0.05, 0) is 17.7 Å². The minimum atomic E-state index is -4.04. The number of nitrogens with zero attached hydrogens (tertiary/aromatic N) is 2. The lowest BCUT2D eigenvalue weighted by molar-refractivity contribution is 0.481. The smallest absolute Gasteiger partial charge is 0.270 e. The fourth-order valence-electron chi connectivity index (χ4n) is 0.637. The molecule has 12 heavy (non-hydrogen) atoms. The molecule has 0 bridgehead atoms. The van der Waals surface area contributed by atoms with E-state index in [0.717, 1.165) is 0 Å². The fraction of sp³-hybridized carbons (Fsp3) is 0.200. The molecule has 0 aliphatic carbocycles. The van der Waals surface area contributed by atoms with Crippen LogP contribution in [0.5, 0.6) is 0 Å². The Kier molecular flexibility index (Phi) is 2.61. The van der Waals surface area contributed by atoms with E-state index in [0.29, 0.717) is 0 Å². The number of aromatic nitrogens is 2. The summed E-state index contributed by atoms with van der Waals surface area (Å²) in [6.07, 6.45) is 1.32. The van der Waals surface area contributed by atoms with E-state index in [1.165, 1.54) is 12.3 Å². The normalized spacial score (nSPS) is 11.5. The minimum Gasteiger partial charge on any atom is -0.285 e. The molecule has 7 heteroatoms. The first-order valence-corrected chi connectivity index (χ1v) is 4.89. The second-order valence-corrected chi connectivity index (χ2v) is 3.83. The highest BCUT2D eigenvalue weighted by atomic mass is 35.5. The van der Waals surface area contributed by atoms with Gasteiger partial charge in [-0.15, -0.1) is 0 Å². The standard InChI is InChI=1S/C5H5ClN2O3S/c6-5-7-2-1-4(8-5)3-12(9,10)11/h1-2H,3H2,(H,9,10,11). The molecule has 1 aromatic rings. The van der Waals surface area contributed by atoms with Gasteiger partial charge in [0, 0.05) is 6.20 Å². The predicted octanol–water partition coefficient (Wildman–Crippen LogP) is 0.518. The van der Waals surface area contributed by atoms with Gasteiger partial charge < -0.3 is 0 Å². The van der Waals surface area contributed by atoms with Gasteiger partial charge in [0.2, 0.25) is 5.28 Å². The molecule has 0 unspecified atom stereocenters.